The Labute approximate surface area is 192 Å². The molecule has 1 amide bonds. The predicted molar refractivity (Wildman–Crippen MR) is 125 cm³/mol. The van der Waals surface area contributed by atoms with Crippen molar-refractivity contribution in [2.24, 2.45) is 0 Å². The average Bonchev–Trinajstić information content (AvgIpc) is 2.72. The summed E-state index contributed by atoms with van der Waals surface area (Å²) in [5.41, 5.74) is 2.27. The summed E-state index contributed by atoms with van der Waals surface area (Å²) in [6, 6.07) is 20.4. The first kappa shape index (κ1) is 23.3. The van der Waals surface area contributed by atoms with Crippen molar-refractivity contribution in [2.75, 3.05) is 5.32 Å². The molecule has 0 aromatic heterocycles. The minimum atomic E-state index is -3.66. The zero-order valence-electron chi connectivity index (χ0n) is 16.8. The fourth-order valence-corrected chi connectivity index (χ4v) is 4.81. The van der Waals surface area contributed by atoms with Crippen LogP contribution in [0.5, 0.6) is 0 Å². The molecule has 0 bridgehead atoms. The number of benzene rings is 3. The van der Waals surface area contributed by atoms with Gasteiger partial charge in [0.1, 0.15) is 0 Å². The normalized spacial score (nSPS) is 12.4. The van der Waals surface area contributed by atoms with Gasteiger partial charge in [-0.25, -0.2) is 13.1 Å². The van der Waals surface area contributed by atoms with Gasteiger partial charge >= 0.3 is 0 Å². The van der Waals surface area contributed by atoms with E-state index < -0.39 is 10.0 Å². The molecule has 0 aliphatic carbocycles. The summed E-state index contributed by atoms with van der Waals surface area (Å²) in [5.74, 6) is -0.187. The van der Waals surface area contributed by atoms with Crippen LogP contribution in [-0.2, 0) is 21.2 Å². The van der Waals surface area contributed by atoms with Gasteiger partial charge in [-0.3, -0.25) is 4.79 Å². The second-order valence-corrected chi connectivity index (χ2v) is 9.69. The number of carbonyl (C=O) groups is 1. The van der Waals surface area contributed by atoms with E-state index in [0.29, 0.717) is 22.2 Å². The van der Waals surface area contributed by atoms with Crippen molar-refractivity contribution in [3.05, 3.63) is 94.0 Å². The van der Waals surface area contributed by atoms with Gasteiger partial charge in [-0.1, -0.05) is 65.7 Å². The van der Waals surface area contributed by atoms with Gasteiger partial charge in [-0.2, -0.15) is 0 Å². The third-order valence-corrected chi connectivity index (χ3v) is 6.65. The maximum atomic E-state index is 12.7. The molecule has 31 heavy (non-hydrogen) atoms. The number of rotatable bonds is 8. The lowest BCUT2D eigenvalue weighted by molar-refractivity contribution is -0.116. The van der Waals surface area contributed by atoms with Gasteiger partial charge in [0.15, 0.2) is 0 Å². The fraction of sp³-hybridized carbons (Fsp3) is 0.174. The molecule has 0 saturated carbocycles. The number of nitrogens with one attached hydrogen (secondary N) is 2. The van der Waals surface area contributed by atoms with Crippen LogP contribution in [-0.4, -0.2) is 14.3 Å². The second-order valence-electron chi connectivity index (χ2n) is 7.10. The maximum absolute atomic E-state index is 12.7. The van der Waals surface area contributed by atoms with Crippen molar-refractivity contribution in [1.29, 1.82) is 0 Å². The highest BCUT2D eigenvalue weighted by Crippen LogP contribution is 2.23. The molecule has 5 nitrogen and oxygen atoms in total. The van der Waals surface area contributed by atoms with Crippen LogP contribution in [0.4, 0.5) is 5.69 Å². The van der Waals surface area contributed by atoms with Crippen molar-refractivity contribution < 1.29 is 13.2 Å². The molecule has 162 valence electrons. The number of hydrogen-bond donors (Lipinski definition) is 2. The molecule has 0 unspecified atom stereocenters. The smallest absolute Gasteiger partial charge is 0.241 e. The minimum Gasteiger partial charge on any atom is -0.326 e. The highest BCUT2D eigenvalue weighted by molar-refractivity contribution is 7.89. The van der Waals surface area contributed by atoms with E-state index in [1.165, 1.54) is 0 Å². The summed E-state index contributed by atoms with van der Waals surface area (Å²) in [7, 11) is -3.66. The third kappa shape index (κ3) is 6.80. The third-order valence-electron chi connectivity index (χ3n) is 4.65. The van der Waals surface area contributed by atoms with E-state index in [-0.39, 0.29) is 23.3 Å². The molecule has 0 radical (unpaired) electrons. The van der Waals surface area contributed by atoms with Gasteiger partial charge in [0.05, 0.1) is 4.90 Å². The molecule has 0 fully saturated rings. The van der Waals surface area contributed by atoms with Crippen LogP contribution in [0.2, 0.25) is 10.0 Å². The Bertz CT molecular complexity index is 1130. The SMILES string of the molecule is C[C@H](NS(=O)(=O)c1ccc(CCC(=O)Nc2cc(Cl)cc(Cl)c2)cc1)c1ccccc1. The number of amides is 1. The summed E-state index contributed by atoms with van der Waals surface area (Å²) >= 11 is 11.9. The summed E-state index contributed by atoms with van der Waals surface area (Å²) in [6.07, 6.45) is 0.702. The van der Waals surface area contributed by atoms with Gasteiger partial charge in [-0.05, 0) is 54.8 Å². The molecule has 0 aliphatic heterocycles. The number of anilines is 1. The van der Waals surface area contributed by atoms with Gasteiger partial charge in [0.25, 0.3) is 0 Å². The Morgan fingerprint density at radius 3 is 2.16 bits per heavy atom. The molecular formula is C23H22Cl2N2O3S. The number of hydrogen-bond acceptors (Lipinski definition) is 3. The first-order chi connectivity index (χ1) is 14.7. The second kappa shape index (κ2) is 10.3. The molecule has 0 saturated heterocycles. The van der Waals surface area contributed by atoms with Crippen molar-refractivity contribution >= 4 is 44.8 Å². The summed E-state index contributed by atoms with van der Waals surface area (Å²) in [6.45, 7) is 1.80. The van der Waals surface area contributed by atoms with E-state index in [0.717, 1.165) is 11.1 Å². The molecule has 8 heteroatoms. The van der Waals surface area contributed by atoms with E-state index >= 15 is 0 Å². The summed E-state index contributed by atoms with van der Waals surface area (Å²) in [4.78, 5) is 12.4. The largest absolute Gasteiger partial charge is 0.326 e. The van der Waals surface area contributed by atoms with Crippen LogP contribution < -0.4 is 10.0 Å². The Balaban J connectivity index is 1.57. The van der Waals surface area contributed by atoms with Gasteiger partial charge in [0.2, 0.25) is 15.9 Å². The van der Waals surface area contributed by atoms with E-state index in [1.54, 1.807) is 49.4 Å². The lowest BCUT2D eigenvalue weighted by Gasteiger charge is -2.15. The van der Waals surface area contributed by atoms with Crippen molar-refractivity contribution in [2.45, 2.75) is 30.7 Å². The molecule has 3 aromatic carbocycles. The summed E-state index contributed by atoms with van der Waals surface area (Å²) < 4.78 is 28.0. The van der Waals surface area contributed by atoms with Crippen molar-refractivity contribution in [1.82, 2.24) is 4.72 Å². The van der Waals surface area contributed by atoms with E-state index in [4.69, 9.17) is 23.2 Å². The van der Waals surface area contributed by atoms with Crippen LogP contribution in [0.1, 0.15) is 30.5 Å². The van der Waals surface area contributed by atoms with Crippen molar-refractivity contribution in [3.63, 3.8) is 0 Å². The van der Waals surface area contributed by atoms with Crippen LogP contribution in [0.15, 0.2) is 77.7 Å². The quantitative estimate of drug-likeness (QED) is 0.443. The number of aryl methyl sites for hydroxylation is 1. The first-order valence-electron chi connectivity index (χ1n) is 9.65. The van der Waals surface area contributed by atoms with Crippen LogP contribution >= 0.6 is 23.2 Å². The molecule has 0 heterocycles. The highest BCUT2D eigenvalue weighted by atomic mass is 35.5. The Morgan fingerprint density at radius 2 is 1.55 bits per heavy atom. The predicted octanol–water partition coefficient (Wildman–Crippen LogP) is 5.60. The zero-order chi connectivity index (χ0) is 22.4. The Kier molecular flexibility index (Phi) is 7.73. The van der Waals surface area contributed by atoms with Crippen molar-refractivity contribution in [3.8, 4) is 0 Å². The van der Waals surface area contributed by atoms with Crippen LogP contribution in [0.3, 0.4) is 0 Å². The molecule has 3 aromatic rings. The van der Waals surface area contributed by atoms with E-state index in [1.807, 2.05) is 30.3 Å². The number of carbonyl (C=O) groups excluding carboxylic acids is 1. The average molecular weight is 477 g/mol. The Morgan fingerprint density at radius 1 is 0.935 bits per heavy atom. The van der Waals surface area contributed by atoms with Crippen LogP contribution in [0, 0.1) is 0 Å². The molecule has 0 spiro atoms. The van der Waals surface area contributed by atoms with E-state index in [9.17, 15) is 13.2 Å². The Hall–Kier alpha value is -2.38. The fourth-order valence-electron chi connectivity index (χ4n) is 3.05. The molecule has 0 aliphatic rings. The number of sulfonamides is 1. The maximum Gasteiger partial charge on any atom is 0.241 e. The first-order valence-corrected chi connectivity index (χ1v) is 11.9. The monoisotopic (exact) mass is 476 g/mol. The lowest BCUT2D eigenvalue weighted by Crippen LogP contribution is -2.26. The topological polar surface area (TPSA) is 75.3 Å². The zero-order valence-corrected chi connectivity index (χ0v) is 19.1. The summed E-state index contributed by atoms with van der Waals surface area (Å²) in [5, 5.41) is 3.63. The lowest BCUT2D eigenvalue weighted by atomic mass is 10.1. The molecule has 1 atom stereocenters. The van der Waals surface area contributed by atoms with E-state index in [2.05, 4.69) is 10.0 Å². The standard InChI is InChI=1S/C23H22Cl2N2O3S/c1-16(18-5-3-2-4-6-18)27-31(29,30)22-10-7-17(8-11-22)9-12-23(28)26-21-14-19(24)13-20(25)15-21/h2-8,10-11,13-16,27H,9,12H2,1H3,(H,26,28)/t16-/m0/s1. The molecule has 2 N–H and O–H groups in total. The molecule has 3 rings (SSSR count). The minimum absolute atomic E-state index is 0.178. The number of halogens is 2. The van der Waals surface area contributed by atoms with Gasteiger partial charge < -0.3 is 5.32 Å². The molecular weight excluding hydrogens is 455 g/mol. The van der Waals surface area contributed by atoms with Gasteiger partial charge in [-0.15, -0.1) is 0 Å². The highest BCUT2D eigenvalue weighted by Gasteiger charge is 2.18. The van der Waals surface area contributed by atoms with Gasteiger partial charge in [0, 0.05) is 28.2 Å². The van der Waals surface area contributed by atoms with Crippen LogP contribution in [0.25, 0.3) is 0 Å².